The van der Waals surface area contributed by atoms with Crippen LogP contribution >= 0.6 is 24.8 Å². The second kappa shape index (κ2) is 10.7. The van der Waals surface area contributed by atoms with Gasteiger partial charge < -0.3 is 19.9 Å². The molecule has 0 bridgehead atoms. The Morgan fingerprint density at radius 1 is 1.20 bits per heavy atom. The van der Waals surface area contributed by atoms with Gasteiger partial charge in [-0.25, -0.2) is 0 Å². The van der Waals surface area contributed by atoms with E-state index < -0.39 is 0 Å². The van der Waals surface area contributed by atoms with Crippen LogP contribution in [0.15, 0.2) is 24.3 Å². The fourth-order valence-electron chi connectivity index (χ4n) is 3.53. The molecule has 0 aliphatic carbocycles. The van der Waals surface area contributed by atoms with Gasteiger partial charge in [-0.3, -0.25) is 4.79 Å². The molecule has 7 heteroatoms. The Bertz CT molecular complexity index is 531. The minimum atomic E-state index is 0. The number of hydrogen-bond acceptors (Lipinski definition) is 4. The van der Waals surface area contributed by atoms with Gasteiger partial charge in [0, 0.05) is 32.6 Å². The maximum Gasteiger partial charge on any atom is 0.222 e. The average molecular weight is 390 g/mol. The minimum absolute atomic E-state index is 0. The van der Waals surface area contributed by atoms with Crippen molar-refractivity contribution in [1.29, 1.82) is 0 Å². The Kier molecular flexibility index (Phi) is 9.39. The average Bonchev–Trinajstić information content (AvgIpc) is 3.13. The molecule has 0 aromatic heterocycles. The van der Waals surface area contributed by atoms with Crippen molar-refractivity contribution in [3.05, 3.63) is 24.3 Å². The summed E-state index contributed by atoms with van der Waals surface area (Å²) in [4.78, 5) is 16.7. The molecule has 1 atom stereocenters. The SMILES string of the molecule is COc1ccccc1N1CCN(C(=O)CCC2CCNC2)CC1.Cl.Cl. The third-order valence-corrected chi connectivity index (χ3v) is 4.99. The van der Waals surface area contributed by atoms with Gasteiger partial charge >= 0.3 is 0 Å². The second-order valence-electron chi connectivity index (χ2n) is 6.44. The number of ether oxygens (including phenoxy) is 1. The summed E-state index contributed by atoms with van der Waals surface area (Å²) in [7, 11) is 1.70. The topological polar surface area (TPSA) is 44.8 Å². The van der Waals surface area contributed by atoms with Gasteiger partial charge in [0.25, 0.3) is 0 Å². The zero-order valence-electron chi connectivity index (χ0n) is 14.8. The lowest BCUT2D eigenvalue weighted by Gasteiger charge is -2.36. The molecule has 142 valence electrons. The fourth-order valence-corrected chi connectivity index (χ4v) is 3.53. The zero-order valence-corrected chi connectivity index (χ0v) is 16.4. The van der Waals surface area contributed by atoms with Crippen LogP contribution in [-0.2, 0) is 4.79 Å². The number of nitrogens with zero attached hydrogens (tertiary/aromatic N) is 2. The number of anilines is 1. The van der Waals surface area contributed by atoms with Gasteiger partial charge in [0.15, 0.2) is 0 Å². The smallest absolute Gasteiger partial charge is 0.222 e. The van der Waals surface area contributed by atoms with Crippen molar-refractivity contribution < 1.29 is 9.53 Å². The number of benzene rings is 1. The zero-order chi connectivity index (χ0) is 16.1. The number of carbonyl (C=O) groups is 1. The maximum atomic E-state index is 12.4. The molecule has 1 unspecified atom stereocenters. The molecule has 1 aromatic carbocycles. The molecule has 0 saturated carbocycles. The largest absolute Gasteiger partial charge is 0.495 e. The summed E-state index contributed by atoms with van der Waals surface area (Å²) >= 11 is 0. The number of para-hydroxylation sites is 2. The van der Waals surface area contributed by atoms with E-state index in [-0.39, 0.29) is 24.8 Å². The number of rotatable bonds is 5. The van der Waals surface area contributed by atoms with Crippen LogP contribution in [0.25, 0.3) is 0 Å². The number of nitrogens with one attached hydrogen (secondary N) is 1. The number of halogens is 2. The highest BCUT2D eigenvalue weighted by atomic mass is 35.5. The number of carbonyl (C=O) groups excluding carboxylic acids is 1. The lowest BCUT2D eigenvalue weighted by atomic mass is 10.0. The molecule has 1 aromatic rings. The first kappa shape index (κ1) is 21.9. The Morgan fingerprint density at radius 2 is 1.92 bits per heavy atom. The number of methoxy groups -OCH3 is 1. The lowest BCUT2D eigenvalue weighted by Crippen LogP contribution is -2.48. The monoisotopic (exact) mass is 389 g/mol. The molecule has 3 rings (SSSR count). The molecule has 2 aliphatic rings. The first-order valence-electron chi connectivity index (χ1n) is 8.64. The van der Waals surface area contributed by atoms with Gasteiger partial charge in [-0.1, -0.05) is 12.1 Å². The molecule has 0 spiro atoms. The maximum absolute atomic E-state index is 12.4. The van der Waals surface area contributed by atoms with Crippen LogP contribution in [0.1, 0.15) is 19.3 Å². The van der Waals surface area contributed by atoms with Crippen molar-refractivity contribution in [3.8, 4) is 5.75 Å². The normalized spacial score (nSPS) is 19.8. The van der Waals surface area contributed by atoms with Crippen LogP contribution in [0.4, 0.5) is 5.69 Å². The van der Waals surface area contributed by atoms with E-state index in [4.69, 9.17) is 4.74 Å². The van der Waals surface area contributed by atoms with Gasteiger partial charge in [-0.05, 0) is 44.0 Å². The quantitative estimate of drug-likeness (QED) is 0.840. The number of hydrogen-bond donors (Lipinski definition) is 1. The summed E-state index contributed by atoms with van der Waals surface area (Å²) < 4.78 is 5.44. The highest BCUT2D eigenvalue weighted by Gasteiger charge is 2.24. The van der Waals surface area contributed by atoms with Gasteiger partial charge in [0.2, 0.25) is 5.91 Å². The third-order valence-electron chi connectivity index (χ3n) is 4.99. The highest BCUT2D eigenvalue weighted by molar-refractivity contribution is 5.85. The van der Waals surface area contributed by atoms with Crippen LogP contribution in [0, 0.1) is 5.92 Å². The summed E-state index contributed by atoms with van der Waals surface area (Å²) in [5.74, 6) is 1.91. The van der Waals surface area contributed by atoms with Crippen LogP contribution in [0.5, 0.6) is 5.75 Å². The minimum Gasteiger partial charge on any atom is -0.495 e. The van der Waals surface area contributed by atoms with Crippen LogP contribution in [0.3, 0.4) is 0 Å². The third kappa shape index (κ3) is 5.66. The van der Waals surface area contributed by atoms with Crippen molar-refractivity contribution >= 4 is 36.4 Å². The molecule has 1 N–H and O–H groups in total. The van der Waals surface area contributed by atoms with Crippen molar-refractivity contribution in [1.82, 2.24) is 10.2 Å². The number of amides is 1. The summed E-state index contributed by atoms with van der Waals surface area (Å²) in [5.41, 5.74) is 1.12. The summed E-state index contributed by atoms with van der Waals surface area (Å²) in [6.45, 7) is 5.54. The standard InChI is InChI=1S/C18H27N3O2.2ClH/c1-23-17-5-3-2-4-16(17)20-10-12-21(13-11-20)18(22)7-6-15-8-9-19-14-15;;/h2-5,15,19H,6-14H2,1H3;2*1H. The van der Waals surface area contributed by atoms with Gasteiger partial charge in [0.1, 0.15) is 5.75 Å². The molecule has 1 amide bonds. The van der Waals surface area contributed by atoms with Crippen LogP contribution in [0.2, 0.25) is 0 Å². The summed E-state index contributed by atoms with van der Waals surface area (Å²) in [5, 5.41) is 3.37. The Morgan fingerprint density at radius 3 is 2.56 bits per heavy atom. The molecule has 2 heterocycles. The molecule has 5 nitrogen and oxygen atoms in total. The van der Waals surface area contributed by atoms with Gasteiger partial charge in [0.05, 0.1) is 12.8 Å². The van der Waals surface area contributed by atoms with Gasteiger partial charge in [-0.15, -0.1) is 24.8 Å². The Hall–Kier alpha value is -1.17. The molecular formula is C18H29Cl2N3O2. The second-order valence-corrected chi connectivity index (χ2v) is 6.44. The van der Waals surface area contributed by atoms with E-state index in [0.29, 0.717) is 18.2 Å². The highest BCUT2D eigenvalue weighted by Crippen LogP contribution is 2.28. The van der Waals surface area contributed by atoms with E-state index >= 15 is 0 Å². The molecular weight excluding hydrogens is 361 g/mol. The van der Waals surface area contributed by atoms with Gasteiger partial charge in [-0.2, -0.15) is 0 Å². The Labute approximate surface area is 162 Å². The van der Waals surface area contributed by atoms with E-state index in [1.807, 2.05) is 23.1 Å². The first-order chi connectivity index (χ1) is 11.3. The molecule has 0 radical (unpaired) electrons. The van der Waals surface area contributed by atoms with E-state index in [9.17, 15) is 4.79 Å². The predicted octanol–water partition coefficient (Wildman–Crippen LogP) is 2.58. The summed E-state index contributed by atoms with van der Waals surface area (Å²) in [6, 6.07) is 8.09. The van der Waals surface area contributed by atoms with Crippen LogP contribution in [-0.4, -0.2) is 57.2 Å². The first-order valence-corrected chi connectivity index (χ1v) is 8.64. The van der Waals surface area contributed by atoms with E-state index in [0.717, 1.165) is 57.1 Å². The lowest BCUT2D eigenvalue weighted by molar-refractivity contribution is -0.131. The summed E-state index contributed by atoms with van der Waals surface area (Å²) in [6.07, 6.45) is 2.94. The molecule has 25 heavy (non-hydrogen) atoms. The fraction of sp³-hybridized carbons (Fsp3) is 0.611. The predicted molar refractivity (Wildman–Crippen MR) is 106 cm³/mol. The van der Waals surface area contributed by atoms with E-state index in [1.54, 1.807) is 7.11 Å². The molecule has 2 aliphatic heterocycles. The van der Waals surface area contributed by atoms with Crippen molar-refractivity contribution in [3.63, 3.8) is 0 Å². The van der Waals surface area contributed by atoms with Crippen LogP contribution < -0.4 is 15.0 Å². The van der Waals surface area contributed by atoms with E-state index in [1.165, 1.54) is 6.42 Å². The van der Waals surface area contributed by atoms with Crippen molar-refractivity contribution in [2.45, 2.75) is 19.3 Å². The Balaban J connectivity index is 0.00000156. The number of piperazine rings is 1. The van der Waals surface area contributed by atoms with E-state index in [2.05, 4.69) is 16.3 Å². The van der Waals surface area contributed by atoms with Crippen molar-refractivity contribution in [2.75, 3.05) is 51.3 Å². The van der Waals surface area contributed by atoms with Crippen molar-refractivity contribution in [2.24, 2.45) is 5.92 Å². The molecule has 2 saturated heterocycles. The molecule has 2 fully saturated rings.